The number of benzene rings is 2. The van der Waals surface area contributed by atoms with Gasteiger partial charge in [-0.25, -0.2) is 13.2 Å². The van der Waals surface area contributed by atoms with Crippen LogP contribution in [0.5, 0.6) is 0 Å². The molecule has 0 aromatic heterocycles. The van der Waals surface area contributed by atoms with Crippen LogP contribution in [0.15, 0.2) is 65.6 Å². The Balaban J connectivity index is 1.87. The van der Waals surface area contributed by atoms with Gasteiger partial charge in [0.1, 0.15) is 0 Å². The zero-order valence-electron chi connectivity index (χ0n) is 17.9. The molecule has 31 heavy (non-hydrogen) atoms. The first-order valence-electron chi connectivity index (χ1n) is 10.1. The summed E-state index contributed by atoms with van der Waals surface area (Å²) in [6, 6.07) is 15.5. The second-order valence-electron chi connectivity index (χ2n) is 6.80. The zero-order valence-corrected chi connectivity index (χ0v) is 18.8. The summed E-state index contributed by atoms with van der Waals surface area (Å²) in [5, 5.41) is 2.76. The van der Waals surface area contributed by atoms with Gasteiger partial charge in [-0.1, -0.05) is 56.3 Å². The van der Waals surface area contributed by atoms with Gasteiger partial charge in [0, 0.05) is 19.2 Å². The van der Waals surface area contributed by atoms with Crippen LogP contribution in [0, 0.1) is 0 Å². The highest BCUT2D eigenvalue weighted by Crippen LogP contribution is 2.17. The van der Waals surface area contributed by atoms with E-state index in [1.165, 1.54) is 28.6 Å². The molecule has 1 unspecified atom stereocenters. The maximum absolute atomic E-state index is 12.5. The van der Waals surface area contributed by atoms with Crippen molar-refractivity contribution in [3.8, 4) is 0 Å². The number of ether oxygens (including phenoxy) is 1. The highest BCUT2D eigenvalue weighted by molar-refractivity contribution is 7.89. The second-order valence-corrected chi connectivity index (χ2v) is 8.74. The summed E-state index contributed by atoms with van der Waals surface area (Å²) in [6.45, 7) is 5.81. The number of rotatable bonds is 10. The molecule has 166 valence electrons. The number of nitrogens with one attached hydrogen (secondary N) is 1. The molecule has 0 saturated carbocycles. The van der Waals surface area contributed by atoms with E-state index in [1.54, 1.807) is 26.0 Å². The number of esters is 1. The van der Waals surface area contributed by atoms with Crippen LogP contribution in [0.25, 0.3) is 6.08 Å². The number of hydrogen-bond acceptors (Lipinski definition) is 5. The molecule has 0 aliphatic heterocycles. The fraction of sp³-hybridized carbons (Fsp3) is 0.304. The fourth-order valence-electron chi connectivity index (χ4n) is 2.92. The summed E-state index contributed by atoms with van der Waals surface area (Å²) in [5.41, 5.74) is 1.59. The Hall–Kier alpha value is -2.97. The number of nitrogens with zero attached hydrogens (tertiary/aromatic N) is 1. The zero-order chi connectivity index (χ0) is 22.9. The average Bonchev–Trinajstić information content (AvgIpc) is 2.77. The third-order valence-corrected chi connectivity index (χ3v) is 6.72. The van der Waals surface area contributed by atoms with Gasteiger partial charge in [0.2, 0.25) is 10.0 Å². The molecule has 2 rings (SSSR count). The molecule has 2 aromatic rings. The predicted octanol–water partition coefficient (Wildman–Crippen LogP) is 3.15. The molecule has 0 radical (unpaired) electrons. The molecule has 1 N–H and O–H groups in total. The number of sulfonamides is 1. The first kappa shape index (κ1) is 24.3. The molecule has 8 heteroatoms. The van der Waals surface area contributed by atoms with E-state index >= 15 is 0 Å². The molecular formula is C23H28N2O5S. The van der Waals surface area contributed by atoms with Crippen molar-refractivity contribution in [1.82, 2.24) is 9.62 Å². The summed E-state index contributed by atoms with van der Waals surface area (Å²) < 4.78 is 31.3. The molecule has 0 fully saturated rings. The van der Waals surface area contributed by atoms with E-state index in [0.717, 1.165) is 5.56 Å². The maximum atomic E-state index is 12.5. The predicted molar refractivity (Wildman–Crippen MR) is 120 cm³/mol. The molecule has 1 amide bonds. The number of carbonyl (C=O) groups is 2. The highest BCUT2D eigenvalue weighted by atomic mass is 32.2. The van der Waals surface area contributed by atoms with Gasteiger partial charge in [0.25, 0.3) is 5.91 Å². The molecule has 1 atom stereocenters. The van der Waals surface area contributed by atoms with Gasteiger partial charge in [-0.2, -0.15) is 4.31 Å². The van der Waals surface area contributed by atoms with Gasteiger partial charge in [-0.15, -0.1) is 0 Å². The minimum atomic E-state index is -3.52. The number of carbonyl (C=O) groups excluding carboxylic acids is 2. The Labute approximate surface area is 183 Å². The van der Waals surface area contributed by atoms with Crippen LogP contribution < -0.4 is 5.32 Å². The van der Waals surface area contributed by atoms with Crippen LogP contribution >= 0.6 is 0 Å². The third kappa shape index (κ3) is 7.04. The lowest BCUT2D eigenvalue weighted by atomic mass is 10.1. The topological polar surface area (TPSA) is 92.8 Å². The normalized spacial score (nSPS) is 12.6. The van der Waals surface area contributed by atoms with Gasteiger partial charge in [-0.3, -0.25) is 4.79 Å². The van der Waals surface area contributed by atoms with Gasteiger partial charge in [0.15, 0.2) is 6.61 Å². The first-order valence-corrected chi connectivity index (χ1v) is 11.5. The van der Waals surface area contributed by atoms with Gasteiger partial charge >= 0.3 is 5.97 Å². The maximum Gasteiger partial charge on any atom is 0.331 e. The monoisotopic (exact) mass is 444 g/mol. The smallest absolute Gasteiger partial charge is 0.331 e. The molecule has 2 aromatic carbocycles. The SMILES string of the molecule is CCN(CC)S(=O)(=O)c1ccc(C=CC(=O)OCC(=O)NC(C)c2ccccc2)cc1. The summed E-state index contributed by atoms with van der Waals surface area (Å²) in [7, 11) is -3.52. The van der Waals surface area contributed by atoms with Crippen LogP contribution in [-0.4, -0.2) is 44.3 Å². The fourth-order valence-corrected chi connectivity index (χ4v) is 4.38. The Morgan fingerprint density at radius 2 is 1.65 bits per heavy atom. The van der Waals surface area contributed by atoms with E-state index in [2.05, 4.69) is 5.32 Å². The van der Waals surface area contributed by atoms with Crippen molar-refractivity contribution in [2.24, 2.45) is 0 Å². The third-order valence-electron chi connectivity index (χ3n) is 4.66. The Morgan fingerprint density at radius 3 is 2.23 bits per heavy atom. The minimum Gasteiger partial charge on any atom is -0.452 e. The van der Waals surface area contributed by atoms with E-state index in [9.17, 15) is 18.0 Å². The van der Waals surface area contributed by atoms with Crippen molar-refractivity contribution in [2.45, 2.75) is 31.7 Å². The summed E-state index contributed by atoms with van der Waals surface area (Å²) in [6.07, 6.45) is 2.70. The molecule has 0 bridgehead atoms. The largest absolute Gasteiger partial charge is 0.452 e. The summed E-state index contributed by atoms with van der Waals surface area (Å²) in [5.74, 6) is -1.06. The molecule has 0 saturated heterocycles. The first-order chi connectivity index (χ1) is 14.8. The molecule has 0 aliphatic rings. The van der Waals surface area contributed by atoms with E-state index in [4.69, 9.17) is 4.74 Å². The number of hydrogen-bond donors (Lipinski definition) is 1. The molecule has 0 heterocycles. The van der Waals surface area contributed by atoms with E-state index in [1.807, 2.05) is 37.3 Å². The molecule has 0 spiro atoms. The Kier molecular flexibility index (Phi) is 8.96. The van der Waals surface area contributed by atoms with Crippen molar-refractivity contribution in [2.75, 3.05) is 19.7 Å². The van der Waals surface area contributed by atoms with Crippen molar-refractivity contribution >= 4 is 28.0 Å². The Morgan fingerprint density at radius 1 is 1.03 bits per heavy atom. The quantitative estimate of drug-likeness (QED) is 0.449. The van der Waals surface area contributed by atoms with Crippen molar-refractivity contribution < 1.29 is 22.7 Å². The van der Waals surface area contributed by atoms with Gasteiger partial charge < -0.3 is 10.1 Å². The minimum absolute atomic E-state index is 0.195. The van der Waals surface area contributed by atoms with Crippen molar-refractivity contribution in [3.05, 3.63) is 71.8 Å². The summed E-state index contributed by atoms with van der Waals surface area (Å²) in [4.78, 5) is 24.0. The second kappa shape index (κ2) is 11.4. The standard InChI is InChI=1S/C23H28N2O5S/c1-4-25(5-2)31(28,29)21-14-11-19(12-15-21)13-16-23(27)30-17-22(26)24-18(3)20-9-7-6-8-10-20/h6-16,18H,4-5,17H2,1-3H3,(H,24,26). The van der Waals surface area contributed by atoms with Crippen LogP contribution in [0.4, 0.5) is 0 Å². The average molecular weight is 445 g/mol. The molecular weight excluding hydrogens is 416 g/mol. The highest BCUT2D eigenvalue weighted by Gasteiger charge is 2.21. The summed E-state index contributed by atoms with van der Waals surface area (Å²) >= 11 is 0. The lowest BCUT2D eigenvalue weighted by Crippen LogP contribution is -2.30. The number of amides is 1. The van der Waals surface area contributed by atoms with Gasteiger partial charge in [-0.05, 0) is 36.3 Å². The molecule has 0 aliphatic carbocycles. The van der Waals surface area contributed by atoms with Crippen molar-refractivity contribution in [1.29, 1.82) is 0 Å². The van der Waals surface area contributed by atoms with Crippen LogP contribution in [0.2, 0.25) is 0 Å². The van der Waals surface area contributed by atoms with Crippen LogP contribution in [0.3, 0.4) is 0 Å². The molecule has 7 nitrogen and oxygen atoms in total. The lowest BCUT2D eigenvalue weighted by molar-refractivity contribution is -0.144. The Bertz CT molecular complexity index is 998. The lowest BCUT2D eigenvalue weighted by Gasteiger charge is -2.18. The van der Waals surface area contributed by atoms with Crippen LogP contribution in [-0.2, 0) is 24.3 Å². The van der Waals surface area contributed by atoms with E-state index in [-0.39, 0.29) is 17.5 Å². The van der Waals surface area contributed by atoms with E-state index in [0.29, 0.717) is 18.7 Å². The van der Waals surface area contributed by atoms with Gasteiger partial charge in [0.05, 0.1) is 10.9 Å². The van der Waals surface area contributed by atoms with E-state index < -0.39 is 21.9 Å². The van der Waals surface area contributed by atoms with Crippen molar-refractivity contribution in [3.63, 3.8) is 0 Å². The van der Waals surface area contributed by atoms with Crippen LogP contribution in [0.1, 0.15) is 37.9 Å².